The zero-order chi connectivity index (χ0) is 18.8. The molecule has 4 rings (SSSR count). The third-order valence-corrected chi connectivity index (χ3v) is 5.80. The zero-order valence-electron chi connectivity index (χ0n) is 16.2. The summed E-state index contributed by atoms with van der Waals surface area (Å²) in [6.45, 7) is 7.21. The van der Waals surface area contributed by atoms with Crippen LogP contribution < -0.4 is 10.2 Å². The standard InChI is InChI=1S/C21H28N4O2/c1-15-20(16(2)27-23-15)19-10-6-13-25(19)21(26)22-11-14-24-12-5-8-17-7-3-4-9-18(17)24/h3-4,7,9,19H,5-6,8,10-14H2,1-2H3,(H,22,26)/t19-/m0/s1. The molecule has 1 aromatic carbocycles. The fourth-order valence-electron chi connectivity index (χ4n) is 4.52. The third-order valence-electron chi connectivity index (χ3n) is 5.80. The van der Waals surface area contributed by atoms with E-state index in [0.29, 0.717) is 6.54 Å². The molecule has 0 spiro atoms. The van der Waals surface area contributed by atoms with Crippen LogP contribution >= 0.6 is 0 Å². The van der Waals surface area contributed by atoms with Gasteiger partial charge in [0.15, 0.2) is 0 Å². The van der Waals surface area contributed by atoms with Crippen LogP contribution in [0.5, 0.6) is 0 Å². The molecule has 144 valence electrons. The maximum atomic E-state index is 12.8. The summed E-state index contributed by atoms with van der Waals surface area (Å²) in [6.07, 6.45) is 4.30. The van der Waals surface area contributed by atoms with Crippen molar-refractivity contribution in [3.05, 3.63) is 46.8 Å². The Morgan fingerprint density at radius 1 is 1.26 bits per heavy atom. The van der Waals surface area contributed by atoms with Gasteiger partial charge in [-0.15, -0.1) is 0 Å². The van der Waals surface area contributed by atoms with Gasteiger partial charge in [-0.05, 0) is 51.2 Å². The lowest BCUT2D eigenvalue weighted by Crippen LogP contribution is -2.43. The van der Waals surface area contributed by atoms with E-state index < -0.39 is 0 Å². The van der Waals surface area contributed by atoms with Crippen LogP contribution in [0.4, 0.5) is 10.5 Å². The Kier molecular flexibility index (Phi) is 5.05. The average Bonchev–Trinajstić information content (AvgIpc) is 3.28. The summed E-state index contributed by atoms with van der Waals surface area (Å²) < 4.78 is 5.31. The van der Waals surface area contributed by atoms with Gasteiger partial charge >= 0.3 is 6.03 Å². The van der Waals surface area contributed by atoms with Gasteiger partial charge in [-0.25, -0.2) is 4.79 Å². The largest absolute Gasteiger partial charge is 0.370 e. The number of anilines is 1. The summed E-state index contributed by atoms with van der Waals surface area (Å²) in [5.74, 6) is 0.821. The maximum absolute atomic E-state index is 12.8. The van der Waals surface area contributed by atoms with Crippen molar-refractivity contribution in [2.75, 3.05) is 31.1 Å². The first-order valence-electron chi connectivity index (χ1n) is 9.95. The molecule has 2 aromatic rings. The Morgan fingerprint density at radius 3 is 2.93 bits per heavy atom. The molecular formula is C21H28N4O2. The van der Waals surface area contributed by atoms with Gasteiger partial charge in [0.05, 0.1) is 11.7 Å². The van der Waals surface area contributed by atoms with E-state index in [0.717, 1.165) is 55.9 Å². The number of benzene rings is 1. The topological polar surface area (TPSA) is 61.6 Å². The number of carbonyl (C=O) groups excluding carboxylic acids is 1. The Hall–Kier alpha value is -2.50. The predicted molar refractivity (Wildman–Crippen MR) is 105 cm³/mol. The van der Waals surface area contributed by atoms with Gasteiger partial charge in [0.2, 0.25) is 0 Å². The Labute approximate surface area is 160 Å². The van der Waals surface area contributed by atoms with Crippen LogP contribution in [0.2, 0.25) is 0 Å². The first-order chi connectivity index (χ1) is 13.1. The van der Waals surface area contributed by atoms with Gasteiger partial charge in [0, 0.05) is 37.4 Å². The number of aromatic nitrogens is 1. The molecule has 0 aliphatic carbocycles. The number of hydrogen-bond donors (Lipinski definition) is 1. The van der Waals surface area contributed by atoms with Crippen LogP contribution in [0.25, 0.3) is 0 Å². The predicted octanol–water partition coefficient (Wildman–Crippen LogP) is 3.59. The van der Waals surface area contributed by atoms with Crippen LogP contribution in [0, 0.1) is 13.8 Å². The number of aryl methyl sites for hydroxylation is 3. The second-order valence-electron chi connectivity index (χ2n) is 7.54. The summed E-state index contributed by atoms with van der Waals surface area (Å²) >= 11 is 0. The number of urea groups is 1. The fourth-order valence-corrected chi connectivity index (χ4v) is 4.52. The number of nitrogens with zero attached hydrogens (tertiary/aromatic N) is 3. The third kappa shape index (κ3) is 3.53. The second-order valence-corrected chi connectivity index (χ2v) is 7.54. The lowest BCUT2D eigenvalue weighted by molar-refractivity contribution is 0.193. The molecule has 1 aromatic heterocycles. The number of carbonyl (C=O) groups is 1. The van der Waals surface area contributed by atoms with Crippen molar-refractivity contribution in [1.29, 1.82) is 0 Å². The molecule has 6 nitrogen and oxygen atoms in total. The van der Waals surface area contributed by atoms with Gasteiger partial charge in [-0.3, -0.25) is 0 Å². The Morgan fingerprint density at radius 2 is 2.11 bits per heavy atom. The lowest BCUT2D eigenvalue weighted by Gasteiger charge is -2.32. The average molecular weight is 368 g/mol. The number of likely N-dealkylation sites (tertiary alicyclic amines) is 1. The van der Waals surface area contributed by atoms with E-state index in [2.05, 4.69) is 39.6 Å². The molecule has 0 radical (unpaired) electrons. The number of amides is 2. The van der Waals surface area contributed by atoms with E-state index in [1.54, 1.807) is 0 Å². The molecule has 0 bridgehead atoms. The monoisotopic (exact) mass is 368 g/mol. The molecule has 1 saturated heterocycles. The van der Waals surface area contributed by atoms with Crippen LogP contribution in [-0.2, 0) is 6.42 Å². The summed E-state index contributed by atoms with van der Waals surface area (Å²) in [4.78, 5) is 17.1. The Bertz CT molecular complexity index is 797. The van der Waals surface area contributed by atoms with Crippen molar-refractivity contribution in [3.63, 3.8) is 0 Å². The van der Waals surface area contributed by atoms with Crippen LogP contribution in [-0.4, -0.2) is 42.3 Å². The molecule has 1 fully saturated rings. The second kappa shape index (κ2) is 7.62. The minimum absolute atomic E-state index is 0.0165. The smallest absolute Gasteiger partial charge is 0.317 e. The number of para-hydroxylation sites is 1. The SMILES string of the molecule is Cc1noc(C)c1[C@@H]1CCCN1C(=O)NCCN1CCCc2ccccc21. The van der Waals surface area contributed by atoms with Crippen molar-refractivity contribution in [3.8, 4) is 0 Å². The number of nitrogens with one attached hydrogen (secondary N) is 1. The van der Waals surface area contributed by atoms with Crippen LogP contribution in [0.3, 0.4) is 0 Å². The van der Waals surface area contributed by atoms with Gasteiger partial charge in [-0.1, -0.05) is 23.4 Å². The molecule has 0 unspecified atom stereocenters. The summed E-state index contributed by atoms with van der Waals surface area (Å²) in [6, 6.07) is 8.68. The number of fused-ring (bicyclic) bond motifs is 1. The molecule has 2 amide bonds. The molecular weight excluding hydrogens is 340 g/mol. The van der Waals surface area contributed by atoms with Crippen molar-refractivity contribution < 1.29 is 9.32 Å². The minimum Gasteiger partial charge on any atom is -0.370 e. The van der Waals surface area contributed by atoms with E-state index in [1.165, 1.54) is 17.7 Å². The van der Waals surface area contributed by atoms with E-state index >= 15 is 0 Å². The molecule has 6 heteroatoms. The van der Waals surface area contributed by atoms with Crippen molar-refractivity contribution in [1.82, 2.24) is 15.4 Å². The normalized spacial score (nSPS) is 19.3. The van der Waals surface area contributed by atoms with Gasteiger partial charge < -0.3 is 19.6 Å². The van der Waals surface area contributed by atoms with Crippen molar-refractivity contribution >= 4 is 11.7 Å². The molecule has 1 atom stereocenters. The van der Waals surface area contributed by atoms with E-state index in [4.69, 9.17) is 4.52 Å². The molecule has 0 saturated carbocycles. The highest BCUT2D eigenvalue weighted by Crippen LogP contribution is 2.35. The van der Waals surface area contributed by atoms with Gasteiger partial charge in [-0.2, -0.15) is 0 Å². The molecule has 27 heavy (non-hydrogen) atoms. The van der Waals surface area contributed by atoms with E-state index in [-0.39, 0.29) is 12.1 Å². The van der Waals surface area contributed by atoms with Gasteiger partial charge in [0.1, 0.15) is 5.76 Å². The lowest BCUT2D eigenvalue weighted by atomic mass is 10.0. The molecule has 2 aliphatic heterocycles. The first kappa shape index (κ1) is 17.9. The van der Waals surface area contributed by atoms with E-state index in [1.807, 2.05) is 18.7 Å². The summed E-state index contributed by atoms with van der Waals surface area (Å²) in [7, 11) is 0. The first-order valence-corrected chi connectivity index (χ1v) is 9.95. The molecule has 1 N–H and O–H groups in total. The molecule has 2 aliphatic rings. The van der Waals surface area contributed by atoms with E-state index in [9.17, 15) is 4.79 Å². The van der Waals surface area contributed by atoms with Crippen molar-refractivity contribution in [2.24, 2.45) is 0 Å². The van der Waals surface area contributed by atoms with Crippen LogP contribution in [0.1, 0.15) is 47.9 Å². The van der Waals surface area contributed by atoms with Crippen LogP contribution in [0.15, 0.2) is 28.8 Å². The fraction of sp³-hybridized carbons (Fsp3) is 0.524. The van der Waals surface area contributed by atoms with Gasteiger partial charge in [0.25, 0.3) is 0 Å². The highest BCUT2D eigenvalue weighted by molar-refractivity contribution is 5.75. The highest BCUT2D eigenvalue weighted by Gasteiger charge is 2.33. The quantitative estimate of drug-likeness (QED) is 0.896. The summed E-state index contributed by atoms with van der Waals surface area (Å²) in [5, 5.41) is 7.19. The maximum Gasteiger partial charge on any atom is 0.317 e. The Balaban J connectivity index is 1.36. The summed E-state index contributed by atoms with van der Waals surface area (Å²) in [5.41, 5.74) is 4.69. The number of hydrogen-bond acceptors (Lipinski definition) is 4. The van der Waals surface area contributed by atoms with Crippen molar-refractivity contribution in [2.45, 2.75) is 45.6 Å². The zero-order valence-corrected chi connectivity index (χ0v) is 16.2. The minimum atomic E-state index is 0.0165. The highest BCUT2D eigenvalue weighted by atomic mass is 16.5. The molecule has 3 heterocycles. The number of rotatable bonds is 4.